The number of carbonyl (C=O) groups excluding carboxylic acids is 1. The first kappa shape index (κ1) is 23.9. The minimum absolute atomic E-state index is 0.122. The van der Waals surface area contributed by atoms with Crippen molar-refractivity contribution < 1.29 is 13.2 Å². The lowest BCUT2D eigenvalue weighted by Gasteiger charge is -2.12. The highest BCUT2D eigenvalue weighted by Gasteiger charge is 2.15. The van der Waals surface area contributed by atoms with Gasteiger partial charge in [-0.05, 0) is 74.7 Å². The van der Waals surface area contributed by atoms with Gasteiger partial charge in [0.25, 0.3) is 10.0 Å². The summed E-state index contributed by atoms with van der Waals surface area (Å²) in [7, 11) is -3.72. The number of aryl methyl sites for hydroxylation is 4. The summed E-state index contributed by atoms with van der Waals surface area (Å²) >= 11 is 1.54. The van der Waals surface area contributed by atoms with Crippen LogP contribution >= 0.6 is 11.8 Å². The van der Waals surface area contributed by atoms with Crippen molar-refractivity contribution in [2.24, 2.45) is 0 Å². The van der Waals surface area contributed by atoms with Crippen LogP contribution in [-0.4, -0.2) is 20.1 Å². The molecule has 0 aromatic heterocycles. The molecule has 0 bridgehead atoms. The van der Waals surface area contributed by atoms with E-state index in [1.165, 1.54) is 28.8 Å². The van der Waals surface area contributed by atoms with Gasteiger partial charge in [-0.3, -0.25) is 9.52 Å². The van der Waals surface area contributed by atoms with Gasteiger partial charge in [0, 0.05) is 11.4 Å². The second-order valence-corrected chi connectivity index (χ2v) is 10.7. The predicted molar refractivity (Wildman–Crippen MR) is 134 cm³/mol. The van der Waals surface area contributed by atoms with Crippen LogP contribution < -0.4 is 10.0 Å². The molecule has 168 valence electrons. The van der Waals surface area contributed by atoms with Crippen molar-refractivity contribution in [1.82, 2.24) is 0 Å². The number of benzene rings is 3. The Bertz CT molecular complexity index is 1200. The molecule has 0 spiro atoms. The van der Waals surface area contributed by atoms with Gasteiger partial charge in [-0.1, -0.05) is 41.5 Å². The summed E-state index contributed by atoms with van der Waals surface area (Å²) in [6, 6.07) is 18.2. The van der Waals surface area contributed by atoms with Crippen LogP contribution in [0.1, 0.15) is 27.8 Å². The van der Waals surface area contributed by atoms with E-state index in [0.29, 0.717) is 17.1 Å². The lowest BCUT2D eigenvalue weighted by atomic mass is 10.1. The summed E-state index contributed by atoms with van der Waals surface area (Å²) in [5.41, 5.74) is 6.57. The normalized spacial score (nSPS) is 11.2. The van der Waals surface area contributed by atoms with Gasteiger partial charge in [0.05, 0.1) is 16.3 Å². The number of nitrogens with one attached hydrogen (secondary N) is 2. The molecular weight excluding hydrogens is 440 g/mol. The summed E-state index contributed by atoms with van der Waals surface area (Å²) in [4.78, 5) is 12.4. The maximum atomic E-state index is 12.7. The minimum atomic E-state index is -3.72. The molecule has 1 amide bonds. The predicted octanol–water partition coefficient (Wildman–Crippen LogP) is 5.59. The van der Waals surface area contributed by atoms with Gasteiger partial charge in [-0.15, -0.1) is 11.8 Å². The van der Waals surface area contributed by atoms with E-state index in [1.54, 1.807) is 30.0 Å². The Labute approximate surface area is 194 Å². The molecule has 2 N–H and O–H groups in total. The molecule has 0 saturated carbocycles. The first-order valence-corrected chi connectivity index (χ1v) is 12.9. The van der Waals surface area contributed by atoms with Crippen LogP contribution in [0.15, 0.2) is 65.6 Å². The molecular formula is C25H28N2O3S2. The third-order valence-electron chi connectivity index (χ3n) is 4.87. The fourth-order valence-corrected chi connectivity index (χ4v) is 5.26. The van der Waals surface area contributed by atoms with Crippen molar-refractivity contribution in [1.29, 1.82) is 0 Å². The van der Waals surface area contributed by atoms with Crippen LogP contribution in [0.3, 0.4) is 0 Å². The molecule has 0 unspecified atom stereocenters. The third kappa shape index (κ3) is 6.61. The molecule has 0 fully saturated rings. The molecule has 7 heteroatoms. The molecule has 0 aliphatic rings. The molecule has 0 aliphatic carbocycles. The quantitative estimate of drug-likeness (QED) is 0.452. The highest BCUT2D eigenvalue weighted by atomic mass is 32.2. The average Bonchev–Trinajstić information content (AvgIpc) is 2.70. The second-order valence-electron chi connectivity index (χ2n) is 7.99. The molecule has 32 heavy (non-hydrogen) atoms. The maximum Gasteiger partial charge on any atom is 0.261 e. The number of hydrogen-bond donors (Lipinski definition) is 2. The van der Waals surface area contributed by atoms with Gasteiger partial charge < -0.3 is 5.32 Å². The molecule has 3 aromatic rings. The summed E-state index contributed by atoms with van der Waals surface area (Å²) in [6.45, 7) is 7.90. The van der Waals surface area contributed by atoms with Gasteiger partial charge in [0.15, 0.2) is 0 Å². The van der Waals surface area contributed by atoms with E-state index in [4.69, 9.17) is 0 Å². The fourth-order valence-electron chi connectivity index (χ4n) is 3.38. The van der Waals surface area contributed by atoms with Crippen LogP contribution in [0, 0.1) is 27.7 Å². The maximum absolute atomic E-state index is 12.7. The zero-order valence-corrected chi connectivity index (χ0v) is 20.4. The lowest BCUT2D eigenvalue weighted by Crippen LogP contribution is -2.15. The van der Waals surface area contributed by atoms with E-state index in [1.807, 2.05) is 26.0 Å². The SMILES string of the molecule is Cc1cc(C)cc(CSCC(=O)Nc2ccc(S(=O)(=O)Nc3cc(C)ccc3C)cc2)c1. The highest BCUT2D eigenvalue weighted by Crippen LogP contribution is 2.22. The molecule has 3 aromatic carbocycles. The Hall–Kier alpha value is -2.77. The van der Waals surface area contributed by atoms with E-state index in [9.17, 15) is 13.2 Å². The van der Waals surface area contributed by atoms with Crippen molar-refractivity contribution >= 4 is 39.1 Å². The Kier molecular flexibility index (Phi) is 7.64. The number of rotatable bonds is 8. The first-order valence-electron chi connectivity index (χ1n) is 10.3. The lowest BCUT2D eigenvalue weighted by molar-refractivity contribution is -0.113. The molecule has 5 nitrogen and oxygen atoms in total. The Balaban J connectivity index is 1.56. The molecule has 0 aliphatic heterocycles. The van der Waals surface area contributed by atoms with Crippen molar-refractivity contribution in [2.75, 3.05) is 15.8 Å². The molecule has 0 radical (unpaired) electrons. The largest absolute Gasteiger partial charge is 0.325 e. The first-order chi connectivity index (χ1) is 15.1. The second kappa shape index (κ2) is 10.2. The summed E-state index contributed by atoms with van der Waals surface area (Å²) in [6.07, 6.45) is 0. The van der Waals surface area contributed by atoms with Gasteiger partial charge >= 0.3 is 0 Å². The number of sulfonamides is 1. The number of hydrogen-bond acceptors (Lipinski definition) is 4. The van der Waals surface area contributed by atoms with Crippen molar-refractivity contribution in [2.45, 2.75) is 38.3 Å². The number of amides is 1. The Morgan fingerprint density at radius 1 is 0.844 bits per heavy atom. The van der Waals surface area contributed by atoms with Crippen molar-refractivity contribution in [3.05, 3.63) is 88.5 Å². The summed E-state index contributed by atoms with van der Waals surface area (Å²) < 4.78 is 28.1. The Morgan fingerprint density at radius 3 is 2.16 bits per heavy atom. The molecule has 0 atom stereocenters. The van der Waals surface area contributed by atoms with Crippen molar-refractivity contribution in [3.63, 3.8) is 0 Å². The standard InChI is InChI=1S/C25H28N2O3S2/c1-17-5-6-20(4)24(14-17)27-32(29,30)23-9-7-22(8-10-23)26-25(28)16-31-15-21-12-18(2)11-19(3)13-21/h5-14,27H,15-16H2,1-4H3,(H,26,28). The van der Waals surface area contributed by atoms with Crippen LogP contribution in [0.4, 0.5) is 11.4 Å². The average molecular weight is 469 g/mol. The van der Waals surface area contributed by atoms with Crippen LogP contribution in [0.2, 0.25) is 0 Å². The molecule has 0 saturated heterocycles. The topological polar surface area (TPSA) is 75.3 Å². The Morgan fingerprint density at radius 2 is 1.50 bits per heavy atom. The third-order valence-corrected chi connectivity index (χ3v) is 7.25. The summed E-state index contributed by atoms with van der Waals surface area (Å²) in [5, 5.41) is 2.82. The van der Waals surface area contributed by atoms with Gasteiger partial charge in [-0.2, -0.15) is 0 Å². The van der Waals surface area contributed by atoms with E-state index in [0.717, 1.165) is 16.9 Å². The van der Waals surface area contributed by atoms with Crippen LogP contribution in [-0.2, 0) is 20.6 Å². The highest BCUT2D eigenvalue weighted by molar-refractivity contribution is 7.99. The zero-order chi connectivity index (χ0) is 23.3. The molecule has 3 rings (SSSR count). The van der Waals surface area contributed by atoms with E-state index < -0.39 is 10.0 Å². The van der Waals surface area contributed by atoms with Gasteiger partial charge in [-0.25, -0.2) is 8.42 Å². The number of thioether (sulfide) groups is 1. The fraction of sp³-hybridized carbons (Fsp3) is 0.240. The number of anilines is 2. The van der Waals surface area contributed by atoms with Gasteiger partial charge in [0.1, 0.15) is 0 Å². The smallest absolute Gasteiger partial charge is 0.261 e. The van der Waals surface area contributed by atoms with E-state index in [-0.39, 0.29) is 10.8 Å². The number of carbonyl (C=O) groups is 1. The molecule has 0 heterocycles. The minimum Gasteiger partial charge on any atom is -0.325 e. The van der Waals surface area contributed by atoms with Crippen molar-refractivity contribution in [3.8, 4) is 0 Å². The van der Waals surface area contributed by atoms with Crippen LogP contribution in [0.25, 0.3) is 0 Å². The van der Waals surface area contributed by atoms with Gasteiger partial charge in [0.2, 0.25) is 5.91 Å². The zero-order valence-electron chi connectivity index (χ0n) is 18.7. The summed E-state index contributed by atoms with van der Waals surface area (Å²) in [5.74, 6) is 0.960. The van der Waals surface area contributed by atoms with E-state index >= 15 is 0 Å². The van der Waals surface area contributed by atoms with Crippen LogP contribution in [0.5, 0.6) is 0 Å². The monoisotopic (exact) mass is 468 g/mol. The van der Waals surface area contributed by atoms with E-state index in [2.05, 4.69) is 42.1 Å².